The molecule has 84 valence electrons. The normalized spacial score (nSPS) is 13.0. The van der Waals surface area contributed by atoms with Gasteiger partial charge in [-0.25, -0.2) is 8.42 Å². The van der Waals surface area contributed by atoms with E-state index in [1.54, 1.807) is 13.8 Å². The number of nitrogens with two attached hydrogens (primary N) is 1. The van der Waals surface area contributed by atoms with Crippen LogP contribution < -0.4 is 10.5 Å². The van der Waals surface area contributed by atoms with E-state index in [1.807, 2.05) is 4.72 Å². The van der Waals surface area contributed by atoms with Crippen LogP contribution in [0.1, 0.15) is 27.7 Å². The number of rotatable bonds is 4. The summed E-state index contributed by atoms with van der Waals surface area (Å²) in [5.74, 6) is -0.561. The second kappa shape index (κ2) is 4.27. The largest absolute Gasteiger partial charge is 0.329 e. The Labute approximate surface area is 85.1 Å². The molecule has 3 N–H and O–H groups in total. The highest BCUT2D eigenvalue weighted by Crippen LogP contribution is 2.13. The van der Waals surface area contributed by atoms with Crippen molar-refractivity contribution in [3.8, 4) is 0 Å². The fraction of sp³-hybridized carbons (Fsp3) is 0.875. The van der Waals surface area contributed by atoms with Crippen LogP contribution in [0.4, 0.5) is 0 Å². The van der Waals surface area contributed by atoms with Gasteiger partial charge in [0.1, 0.15) is 0 Å². The minimum Gasteiger partial charge on any atom is -0.329 e. The van der Waals surface area contributed by atoms with E-state index in [0.29, 0.717) is 0 Å². The lowest BCUT2D eigenvalue weighted by Gasteiger charge is -2.21. The van der Waals surface area contributed by atoms with E-state index < -0.39 is 26.6 Å². The zero-order valence-corrected chi connectivity index (χ0v) is 9.81. The lowest BCUT2D eigenvalue weighted by atomic mass is 9.93. The molecule has 0 rings (SSSR count). The third-order valence-electron chi connectivity index (χ3n) is 1.98. The fourth-order valence-corrected chi connectivity index (χ4v) is 1.25. The molecule has 0 saturated carbocycles. The zero-order chi connectivity index (χ0) is 11.6. The minimum absolute atomic E-state index is 0.104. The fourth-order valence-electron chi connectivity index (χ4n) is 0.478. The predicted octanol–water partition coefficient (Wildman–Crippen LogP) is -0.174. The quantitative estimate of drug-likeness (QED) is 0.691. The Bertz CT molecular complexity index is 307. The molecule has 0 aliphatic heterocycles. The predicted molar refractivity (Wildman–Crippen MR) is 55.0 cm³/mol. The van der Waals surface area contributed by atoms with Gasteiger partial charge in [-0.3, -0.25) is 9.52 Å². The van der Waals surface area contributed by atoms with E-state index in [1.165, 1.54) is 13.8 Å². The molecule has 0 aliphatic carbocycles. The first-order valence-corrected chi connectivity index (χ1v) is 5.94. The second-order valence-corrected chi connectivity index (χ2v) is 6.35. The third kappa shape index (κ3) is 3.26. The van der Waals surface area contributed by atoms with Crippen LogP contribution in [0.15, 0.2) is 0 Å². The summed E-state index contributed by atoms with van der Waals surface area (Å²) in [4.78, 5) is 11.4. The summed E-state index contributed by atoms with van der Waals surface area (Å²) < 4.78 is 24.7. The summed E-state index contributed by atoms with van der Waals surface area (Å²) in [5.41, 5.74) is 4.49. The van der Waals surface area contributed by atoms with Crippen molar-refractivity contribution in [2.45, 2.75) is 32.9 Å². The van der Waals surface area contributed by atoms with E-state index in [-0.39, 0.29) is 6.54 Å². The highest BCUT2D eigenvalue weighted by atomic mass is 32.2. The average molecular weight is 222 g/mol. The number of carbonyl (C=O) groups excluding carboxylic acids is 1. The van der Waals surface area contributed by atoms with Crippen LogP contribution in [0.2, 0.25) is 0 Å². The first-order chi connectivity index (χ1) is 6.13. The van der Waals surface area contributed by atoms with Crippen molar-refractivity contribution < 1.29 is 13.2 Å². The maximum atomic E-state index is 11.4. The molecule has 14 heavy (non-hydrogen) atoms. The van der Waals surface area contributed by atoms with Gasteiger partial charge in [0.25, 0.3) is 0 Å². The molecular weight excluding hydrogens is 204 g/mol. The molecule has 0 bridgehead atoms. The Morgan fingerprint density at radius 3 is 2.14 bits per heavy atom. The molecule has 0 heterocycles. The molecule has 0 unspecified atom stereocenters. The Kier molecular flexibility index (Phi) is 4.08. The van der Waals surface area contributed by atoms with E-state index in [9.17, 15) is 13.2 Å². The van der Waals surface area contributed by atoms with Crippen LogP contribution in [0.3, 0.4) is 0 Å². The van der Waals surface area contributed by atoms with Crippen molar-refractivity contribution in [3.63, 3.8) is 0 Å². The zero-order valence-electron chi connectivity index (χ0n) is 8.99. The van der Waals surface area contributed by atoms with E-state index >= 15 is 0 Å². The van der Waals surface area contributed by atoms with Crippen molar-refractivity contribution in [3.05, 3.63) is 0 Å². The molecule has 0 aromatic heterocycles. The molecule has 0 atom stereocenters. The molecule has 0 aliphatic rings. The number of carbonyl (C=O) groups is 1. The molecule has 0 saturated heterocycles. The Hall–Kier alpha value is -0.620. The standard InChI is InChI=1S/C8H18N2O3S/c1-6(2)14(12,13)10-7(11)8(3,4)5-9/h6H,5,9H2,1-4H3,(H,10,11). The van der Waals surface area contributed by atoms with Crippen LogP contribution in [-0.4, -0.2) is 26.1 Å². The molecule has 0 spiro atoms. The summed E-state index contributed by atoms with van der Waals surface area (Å²) in [7, 11) is -3.55. The Balaban J connectivity index is 4.65. The van der Waals surface area contributed by atoms with Gasteiger partial charge in [-0.1, -0.05) is 0 Å². The van der Waals surface area contributed by atoms with Crippen LogP contribution in [0.5, 0.6) is 0 Å². The average Bonchev–Trinajstić information content (AvgIpc) is 2.03. The number of hydrogen-bond donors (Lipinski definition) is 2. The Morgan fingerprint density at radius 1 is 1.43 bits per heavy atom. The van der Waals surface area contributed by atoms with Crippen molar-refractivity contribution in [2.24, 2.45) is 11.1 Å². The first kappa shape index (κ1) is 13.4. The lowest BCUT2D eigenvalue weighted by Crippen LogP contribution is -2.46. The van der Waals surface area contributed by atoms with Gasteiger partial charge in [0.15, 0.2) is 0 Å². The summed E-state index contributed by atoms with van der Waals surface area (Å²) in [6.45, 7) is 6.30. The van der Waals surface area contributed by atoms with Crippen LogP contribution >= 0.6 is 0 Å². The molecule has 0 fully saturated rings. The highest BCUT2D eigenvalue weighted by Gasteiger charge is 2.30. The molecule has 6 heteroatoms. The van der Waals surface area contributed by atoms with E-state index in [2.05, 4.69) is 0 Å². The van der Waals surface area contributed by atoms with Gasteiger partial charge in [0, 0.05) is 6.54 Å². The Morgan fingerprint density at radius 2 is 1.86 bits per heavy atom. The summed E-state index contributed by atoms with van der Waals surface area (Å²) in [6, 6.07) is 0. The number of hydrogen-bond acceptors (Lipinski definition) is 4. The van der Waals surface area contributed by atoms with Gasteiger partial charge in [-0.2, -0.15) is 0 Å². The minimum atomic E-state index is -3.55. The third-order valence-corrected chi connectivity index (χ3v) is 3.69. The van der Waals surface area contributed by atoms with Crippen LogP contribution in [-0.2, 0) is 14.8 Å². The molecule has 0 radical (unpaired) electrons. The monoisotopic (exact) mass is 222 g/mol. The van der Waals surface area contributed by atoms with Gasteiger partial charge in [0.05, 0.1) is 10.7 Å². The molecular formula is C8H18N2O3S. The van der Waals surface area contributed by atoms with Crippen molar-refractivity contribution in [1.82, 2.24) is 4.72 Å². The highest BCUT2D eigenvalue weighted by molar-refractivity contribution is 7.90. The number of nitrogens with one attached hydrogen (secondary N) is 1. The maximum Gasteiger partial charge on any atom is 0.240 e. The van der Waals surface area contributed by atoms with Crippen LogP contribution in [0.25, 0.3) is 0 Å². The number of amides is 1. The van der Waals surface area contributed by atoms with Gasteiger partial charge < -0.3 is 5.73 Å². The SMILES string of the molecule is CC(C)S(=O)(=O)NC(=O)C(C)(C)CN. The molecule has 0 aromatic carbocycles. The first-order valence-electron chi connectivity index (χ1n) is 4.39. The maximum absolute atomic E-state index is 11.4. The summed E-state index contributed by atoms with van der Waals surface area (Å²) in [5, 5.41) is -0.625. The van der Waals surface area contributed by atoms with Crippen molar-refractivity contribution in [2.75, 3.05) is 6.54 Å². The van der Waals surface area contributed by atoms with Gasteiger partial charge in [-0.05, 0) is 27.7 Å². The summed E-state index contributed by atoms with van der Waals surface area (Å²) >= 11 is 0. The van der Waals surface area contributed by atoms with Crippen molar-refractivity contribution >= 4 is 15.9 Å². The van der Waals surface area contributed by atoms with E-state index in [4.69, 9.17) is 5.73 Å². The smallest absolute Gasteiger partial charge is 0.240 e. The van der Waals surface area contributed by atoms with Crippen LogP contribution in [0, 0.1) is 5.41 Å². The van der Waals surface area contributed by atoms with Gasteiger partial charge in [0.2, 0.25) is 15.9 Å². The molecule has 0 aromatic rings. The van der Waals surface area contributed by atoms with E-state index in [0.717, 1.165) is 0 Å². The molecule has 5 nitrogen and oxygen atoms in total. The number of sulfonamides is 1. The van der Waals surface area contributed by atoms with Gasteiger partial charge >= 0.3 is 0 Å². The summed E-state index contributed by atoms with van der Waals surface area (Å²) in [6.07, 6.45) is 0. The second-order valence-electron chi connectivity index (χ2n) is 4.11. The topological polar surface area (TPSA) is 89.3 Å². The van der Waals surface area contributed by atoms with Crippen molar-refractivity contribution in [1.29, 1.82) is 0 Å². The molecule has 1 amide bonds. The van der Waals surface area contributed by atoms with Gasteiger partial charge in [-0.15, -0.1) is 0 Å². The lowest BCUT2D eigenvalue weighted by molar-refractivity contribution is -0.126.